The van der Waals surface area contributed by atoms with Crippen LogP contribution in [-0.4, -0.2) is 22.8 Å². The fourth-order valence-electron chi connectivity index (χ4n) is 0.263. The van der Waals surface area contributed by atoms with Crippen LogP contribution in [0.2, 0.25) is 0 Å². The van der Waals surface area contributed by atoms with Gasteiger partial charge in [0.05, 0.1) is 11.7 Å². The lowest BCUT2D eigenvalue weighted by molar-refractivity contribution is -0.431. The zero-order valence-electron chi connectivity index (χ0n) is 4.87. The molecule has 3 N–H and O–H groups in total. The van der Waals surface area contributed by atoms with E-state index in [4.69, 9.17) is 0 Å². The number of carbonyl (C=O) groups excluding carboxylic acids is 1. The number of quaternary nitrogens is 1. The molecule has 0 spiro atoms. The van der Waals surface area contributed by atoms with E-state index in [1.807, 2.05) is 0 Å². The Labute approximate surface area is 63.4 Å². The van der Waals surface area contributed by atoms with Gasteiger partial charge in [-0.05, 0) is 0 Å². The minimum atomic E-state index is -1.09. The monoisotopic (exact) mass is 167 g/mol. The van der Waals surface area contributed by atoms with E-state index in [1.54, 1.807) is 0 Å². The van der Waals surface area contributed by atoms with Crippen molar-refractivity contribution in [2.45, 2.75) is 6.04 Å². The Morgan fingerprint density at radius 3 is 2.78 bits per heavy atom. The molecule has 0 radical (unpaired) electrons. The lowest BCUT2D eigenvalue weighted by Crippen LogP contribution is -2.69. The average Bonchev–Trinajstić information content (AvgIpc) is 1.82. The molecule has 0 saturated carbocycles. The maximum Gasteiger partial charge on any atom is 0.134 e. The Morgan fingerprint density at radius 1 is 1.89 bits per heavy atom. The van der Waals surface area contributed by atoms with Crippen LogP contribution >= 0.6 is 24.4 Å². The standard InChI is InChI=1S/C4H9NO2S2/c5-3(4(6)7)1-9-2-8/h3,8H,1-2,5H2,(H,6,7)/t3-/m0/s1. The van der Waals surface area contributed by atoms with Crippen LogP contribution in [0.1, 0.15) is 0 Å². The smallest absolute Gasteiger partial charge is 0.134 e. The zero-order chi connectivity index (χ0) is 7.28. The van der Waals surface area contributed by atoms with Crippen molar-refractivity contribution >= 4 is 30.4 Å². The molecule has 0 aliphatic heterocycles. The van der Waals surface area contributed by atoms with Gasteiger partial charge in [-0.2, -0.15) is 12.6 Å². The predicted molar refractivity (Wildman–Crippen MR) is 38.0 cm³/mol. The van der Waals surface area contributed by atoms with Crippen LogP contribution in [0, 0.1) is 0 Å². The van der Waals surface area contributed by atoms with E-state index < -0.39 is 12.0 Å². The minimum Gasteiger partial charge on any atom is -0.544 e. The van der Waals surface area contributed by atoms with E-state index in [9.17, 15) is 9.90 Å². The van der Waals surface area contributed by atoms with Gasteiger partial charge < -0.3 is 15.6 Å². The van der Waals surface area contributed by atoms with Gasteiger partial charge in [0, 0.05) is 5.08 Å². The molecule has 0 fully saturated rings. The van der Waals surface area contributed by atoms with E-state index in [-0.39, 0.29) is 0 Å². The molecule has 0 unspecified atom stereocenters. The highest BCUT2D eigenvalue weighted by Crippen LogP contribution is 2.01. The second-order valence-electron chi connectivity index (χ2n) is 1.52. The molecule has 0 aliphatic rings. The van der Waals surface area contributed by atoms with Crippen LogP contribution < -0.4 is 10.8 Å². The molecule has 0 amide bonds. The van der Waals surface area contributed by atoms with Crippen molar-refractivity contribution < 1.29 is 15.6 Å². The molecule has 3 nitrogen and oxygen atoms in total. The highest BCUT2D eigenvalue weighted by Gasteiger charge is 2.04. The van der Waals surface area contributed by atoms with Crippen LogP contribution in [0.15, 0.2) is 0 Å². The van der Waals surface area contributed by atoms with E-state index >= 15 is 0 Å². The highest BCUT2D eigenvalue weighted by molar-refractivity contribution is 8.09. The van der Waals surface area contributed by atoms with E-state index in [0.29, 0.717) is 10.8 Å². The summed E-state index contributed by atoms with van der Waals surface area (Å²) in [5.41, 5.74) is 3.36. The lowest BCUT2D eigenvalue weighted by Gasteiger charge is -2.06. The summed E-state index contributed by atoms with van der Waals surface area (Å²) in [4.78, 5) is 9.99. The summed E-state index contributed by atoms with van der Waals surface area (Å²) in [5.74, 6) is -0.615. The van der Waals surface area contributed by atoms with E-state index in [0.717, 1.165) is 0 Å². The summed E-state index contributed by atoms with van der Waals surface area (Å²) < 4.78 is 0. The third-order valence-electron chi connectivity index (χ3n) is 0.744. The summed E-state index contributed by atoms with van der Waals surface area (Å²) >= 11 is 5.31. The van der Waals surface area contributed by atoms with Crippen molar-refractivity contribution in [3.8, 4) is 0 Å². The second kappa shape index (κ2) is 4.96. The summed E-state index contributed by atoms with van der Waals surface area (Å²) in [7, 11) is 0. The van der Waals surface area contributed by atoms with Gasteiger partial charge in [0.25, 0.3) is 0 Å². The fourth-order valence-corrected chi connectivity index (χ4v) is 1.11. The first kappa shape index (κ1) is 9.13. The second-order valence-corrected chi connectivity index (χ2v) is 3.29. The topological polar surface area (TPSA) is 67.8 Å². The van der Waals surface area contributed by atoms with Crippen molar-refractivity contribution in [1.29, 1.82) is 0 Å². The minimum absolute atomic E-state index is 0.478. The molecule has 0 aliphatic carbocycles. The lowest BCUT2D eigenvalue weighted by atomic mass is 10.4. The molecular formula is C4H9NO2S2. The number of hydrogen-bond donors (Lipinski definition) is 2. The maximum atomic E-state index is 9.99. The van der Waals surface area contributed by atoms with Gasteiger partial charge in [-0.25, -0.2) is 0 Å². The first-order valence-corrected chi connectivity index (χ1v) is 4.19. The predicted octanol–water partition coefficient (Wildman–Crippen LogP) is -2.03. The Morgan fingerprint density at radius 2 is 2.44 bits per heavy atom. The number of carboxylic acids is 1. The Balaban J connectivity index is 3.27. The van der Waals surface area contributed by atoms with Crippen LogP contribution in [0.4, 0.5) is 0 Å². The van der Waals surface area contributed by atoms with Crippen molar-refractivity contribution in [2.24, 2.45) is 0 Å². The molecule has 0 rings (SSSR count). The third-order valence-corrected chi connectivity index (χ3v) is 2.11. The van der Waals surface area contributed by atoms with Crippen molar-refractivity contribution in [3.63, 3.8) is 0 Å². The van der Waals surface area contributed by atoms with Gasteiger partial charge in [-0.15, -0.1) is 11.8 Å². The number of carbonyl (C=O) groups is 1. The third kappa shape index (κ3) is 4.62. The van der Waals surface area contributed by atoms with E-state index in [2.05, 4.69) is 18.4 Å². The number of rotatable bonds is 4. The molecule has 1 atom stereocenters. The van der Waals surface area contributed by atoms with Gasteiger partial charge >= 0.3 is 0 Å². The molecule has 0 bridgehead atoms. The van der Waals surface area contributed by atoms with Crippen LogP contribution in [0.5, 0.6) is 0 Å². The zero-order valence-corrected chi connectivity index (χ0v) is 6.58. The average molecular weight is 167 g/mol. The molecule has 54 valence electrons. The number of thioether (sulfide) groups is 1. The van der Waals surface area contributed by atoms with Crippen molar-refractivity contribution in [3.05, 3.63) is 0 Å². The molecule has 0 aromatic heterocycles. The number of aliphatic carboxylic acids is 1. The number of thiol groups is 1. The van der Waals surface area contributed by atoms with Crippen LogP contribution in [0.3, 0.4) is 0 Å². The van der Waals surface area contributed by atoms with E-state index in [1.165, 1.54) is 11.8 Å². The number of carboxylic acid groups (broad SMARTS) is 1. The maximum absolute atomic E-state index is 9.99. The fraction of sp³-hybridized carbons (Fsp3) is 0.750. The molecule has 0 saturated heterocycles. The molecule has 0 aromatic carbocycles. The normalized spacial score (nSPS) is 13.1. The molecule has 5 heteroatoms. The first-order chi connectivity index (χ1) is 4.18. The van der Waals surface area contributed by atoms with Gasteiger partial charge in [0.15, 0.2) is 0 Å². The summed E-state index contributed by atoms with van der Waals surface area (Å²) in [6, 6.07) is -0.609. The summed E-state index contributed by atoms with van der Waals surface area (Å²) in [5, 5.41) is 10.6. The SMILES string of the molecule is [NH3+][C@@H](CSCS)C(=O)[O-]. The van der Waals surface area contributed by atoms with Crippen LogP contribution in [0.25, 0.3) is 0 Å². The molecule has 0 heterocycles. The largest absolute Gasteiger partial charge is 0.544 e. The number of hydrogen-bond acceptors (Lipinski definition) is 4. The molecular weight excluding hydrogens is 158 g/mol. The van der Waals surface area contributed by atoms with Crippen LogP contribution in [-0.2, 0) is 4.79 Å². The van der Waals surface area contributed by atoms with Crippen molar-refractivity contribution in [2.75, 3.05) is 10.8 Å². The van der Waals surface area contributed by atoms with Crippen molar-refractivity contribution in [1.82, 2.24) is 0 Å². The summed E-state index contributed by atoms with van der Waals surface area (Å²) in [6.45, 7) is 0. The molecule has 0 aromatic rings. The van der Waals surface area contributed by atoms with Gasteiger partial charge in [0.2, 0.25) is 0 Å². The first-order valence-electron chi connectivity index (χ1n) is 2.41. The Bertz CT molecular complexity index is 98.6. The summed E-state index contributed by atoms with van der Waals surface area (Å²) in [6.07, 6.45) is 0. The highest BCUT2D eigenvalue weighted by atomic mass is 32.2. The molecule has 9 heavy (non-hydrogen) atoms. The van der Waals surface area contributed by atoms with Gasteiger partial charge in [0.1, 0.15) is 6.04 Å². The quantitative estimate of drug-likeness (QED) is 0.375. The van der Waals surface area contributed by atoms with Gasteiger partial charge in [-0.1, -0.05) is 0 Å². The Kier molecular flexibility index (Phi) is 5.03. The van der Waals surface area contributed by atoms with Gasteiger partial charge in [-0.3, -0.25) is 0 Å². The Hall–Kier alpha value is 0.130.